The van der Waals surface area contributed by atoms with Gasteiger partial charge in [0, 0.05) is 17.7 Å². The predicted octanol–water partition coefficient (Wildman–Crippen LogP) is 5.61. The predicted molar refractivity (Wildman–Crippen MR) is 125 cm³/mol. The topological polar surface area (TPSA) is 79.7 Å². The number of amides is 1. The first kappa shape index (κ1) is 21.5. The van der Waals surface area contributed by atoms with Gasteiger partial charge in [0.25, 0.3) is 0 Å². The number of rotatable bonds is 6. The molecule has 0 unspecified atom stereocenters. The summed E-state index contributed by atoms with van der Waals surface area (Å²) in [5, 5.41) is 14.2. The van der Waals surface area contributed by atoms with Crippen molar-refractivity contribution in [3.63, 3.8) is 0 Å². The maximum Gasteiger partial charge on any atom is 0.342 e. The molecule has 0 radical (unpaired) electrons. The van der Waals surface area contributed by atoms with Gasteiger partial charge >= 0.3 is 5.97 Å². The second kappa shape index (κ2) is 9.20. The van der Waals surface area contributed by atoms with E-state index in [9.17, 15) is 14.7 Å². The number of para-hydroxylation sites is 1. The molecular formula is C25H22N2O4S. The number of aromatic hydroxyl groups is 1. The third-order valence-electron chi connectivity index (χ3n) is 5.13. The smallest absolute Gasteiger partial charge is 0.342 e. The van der Waals surface area contributed by atoms with Gasteiger partial charge in [-0.3, -0.25) is 9.69 Å². The third-order valence-corrected chi connectivity index (χ3v) is 6.01. The van der Waals surface area contributed by atoms with Crippen molar-refractivity contribution in [3.05, 3.63) is 82.9 Å². The minimum absolute atomic E-state index is 0.0667. The molecule has 7 heteroatoms. The van der Waals surface area contributed by atoms with Gasteiger partial charge in [0.05, 0.1) is 11.4 Å². The van der Waals surface area contributed by atoms with E-state index in [-0.39, 0.29) is 23.8 Å². The Morgan fingerprint density at radius 2 is 1.81 bits per heavy atom. The molecule has 162 valence electrons. The van der Waals surface area contributed by atoms with Crippen LogP contribution in [-0.2, 0) is 22.6 Å². The number of benzene rings is 3. The molecule has 0 saturated heterocycles. The number of carbonyl (C=O) groups is 2. The Hall–Kier alpha value is -3.71. The van der Waals surface area contributed by atoms with Crippen molar-refractivity contribution in [2.24, 2.45) is 0 Å². The summed E-state index contributed by atoms with van der Waals surface area (Å²) in [6, 6.07) is 18.3. The number of thiazole rings is 1. The van der Waals surface area contributed by atoms with E-state index in [1.54, 1.807) is 34.5 Å². The summed E-state index contributed by atoms with van der Waals surface area (Å²) in [6.45, 7) is 3.46. The molecule has 1 amide bonds. The van der Waals surface area contributed by atoms with Crippen molar-refractivity contribution in [1.29, 1.82) is 0 Å². The van der Waals surface area contributed by atoms with E-state index in [4.69, 9.17) is 4.74 Å². The zero-order chi connectivity index (χ0) is 22.7. The van der Waals surface area contributed by atoms with Gasteiger partial charge in [-0.05, 0) is 29.5 Å². The molecular weight excluding hydrogens is 424 g/mol. The monoisotopic (exact) mass is 446 g/mol. The van der Waals surface area contributed by atoms with Gasteiger partial charge in [0.1, 0.15) is 17.9 Å². The second-order valence-corrected chi connectivity index (χ2v) is 8.05. The number of aryl methyl sites for hydroxylation is 1. The molecule has 0 aliphatic carbocycles. The Labute approximate surface area is 189 Å². The number of anilines is 2. The molecule has 0 atom stereocenters. The molecule has 0 aliphatic rings. The van der Waals surface area contributed by atoms with Crippen molar-refractivity contribution < 1.29 is 19.4 Å². The molecule has 0 bridgehead atoms. The van der Waals surface area contributed by atoms with Gasteiger partial charge < -0.3 is 9.84 Å². The number of phenolic OH excluding ortho intramolecular Hbond substituents is 1. The minimum atomic E-state index is -0.637. The SMILES string of the molecule is CCc1ccccc1N(C(C)=O)c1nc(COC(=O)c2ccc3ccccc3c2O)cs1. The van der Waals surface area contributed by atoms with Crippen LogP contribution in [-0.4, -0.2) is 22.0 Å². The highest BCUT2D eigenvalue weighted by atomic mass is 32.1. The fourth-order valence-electron chi connectivity index (χ4n) is 3.54. The van der Waals surface area contributed by atoms with Crippen molar-refractivity contribution >= 4 is 44.8 Å². The van der Waals surface area contributed by atoms with Crippen molar-refractivity contribution in [2.45, 2.75) is 26.9 Å². The molecule has 0 fully saturated rings. The number of fused-ring (bicyclic) bond motifs is 1. The average molecular weight is 447 g/mol. The van der Waals surface area contributed by atoms with Crippen LogP contribution in [0.5, 0.6) is 5.75 Å². The summed E-state index contributed by atoms with van der Waals surface area (Å²) < 4.78 is 5.39. The number of hydrogen-bond acceptors (Lipinski definition) is 6. The molecule has 3 aromatic carbocycles. The molecule has 4 rings (SSSR count). The molecule has 1 aromatic heterocycles. The summed E-state index contributed by atoms with van der Waals surface area (Å²) in [7, 11) is 0. The average Bonchev–Trinajstić information content (AvgIpc) is 3.26. The van der Waals surface area contributed by atoms with Crippen molar-refractivity contribution in [1.82, 2.24) is 4.98 Å². The zero-order valence-electron chi connectivity index (χ0n) is 17.7. The Morgan fingerprint density at radius 3 is 2.59 bits per heavy atom. The maximum absolute atomic E-state index is 12.6. The van der Waals surface area contributed by atoms with Crippen LogP contribution in [0.2, 0.25) is 0 Å². The lowest BCUT2D eigenvalue weighted by molar-refractivity contribution is -0.115. The number of esters is 1. The van der Waals surface area contributed by atoms with Crippen LogP contribution >= 0.6 is 11.3 Å². The fraction of sp³-hybridized carbons (Fsp3) is 0.160. The zero-order valence-corrected chi connectivity index (χ0v) is 18.6. The van der Waals surface area contributed by atoms with E-state index in [1.807, 2.05) is 43.3 Å². The van der Waals surface area contributed by atoms with Gasteiger partial charge in [-0.1, -0.05) is 55.5 Å². The molecule has 32 heavy (non-hydrogen) atoms. The lowest BCUT2D eigenvalue weighted by Crippen LogP contribution is -2.23. The lowest BCUT2D eigenvalue weighted by atomic mass is 10.1. The van der Waals surface area contributed by atoms with Crippen LogP contribution in [0, 0.1) is 0 Å². The Balaban J connectivity index is 1.52. The quantitative estimate of drug-likeness (QED) is 0.390. The van der Waals surface area contributed by atoms with E-state index in [0.29, 0.717) is 16.2 Å². The van der Waals surface area contributed by atoms with Crippen LogP contribution in [0.3, 0.4) is 0 Å². The van der Waals surface area contributed by atoms with Crippen LogP contribution in [0.4, 0.5) is 10.8 Å². The molecule has 0 aliphatic heterocycles. The number of nitrogens with zero attached hydrogens (tertiary/aromatic N) is 2. The van der Waals surface area contributed by atoms with Gasteiger partial charge in [0.15, 0.2) is 5.13 Å². The molecule has 0 saturated carbocycles. The van der Waals surface area contributed by atoms with Gasteiger partial charge in [-0.15, -0.1) is 11.3 Å². The summed E-state index contributed by atoms with van der Waals surface area (Å²) >= 11 is 1.31. The molecule has 6 nitrogen and oxygen atoms in total. The van der Waals surface area contributed by atoms with E-state index in [0.717, 1.165) is 23.1 Å². The largest absolute Gasteiger partial charge is 0.506 e. The van der Waals surface area contributed by atoms with Gasteiger partial charge in [0.2, 0.25) is 5.91 Å². The molecule has 0 spiro atoms. The highest BCUT2D eigenvalue weighted by Gasteiger charge is 2.21. The first-order valence-electron chi connectivity index (χ1n) is 10.2. The summed E-state index contributed by atoms with van der Waals surface area (Å²) in [6.07, 6.45) is 0.783. The van der Waals surface area contributed by atoms with E-state index >= 15 is 0 Å². The lowest BCUT2D eigenvalue weighted by Gasteiger charge is -2.20. The number of phenols is 1. The summed E-state index contributed by atoms with van der Waals surface area (Å²) in [4.78, 5) is 31.0. The normalized spacial score (nSPS) is 10.8. The van der Waals surface area contributed by atoms with Crippen molar-refractivity contribution in [2.75, 3.05) is 4.90 Å². The highest BCUT2D eigenvalue weighted by Crippen LogP contribution is 2.32. The van der Waals surface area contributed by atoms with E-state index < -0.39 is 5.97 Å². The number of aromatic nitrogens is 1. The Morgan fingerprint density at radius 1 is 1.06 bits per heavy atom. The van der Waals surface area contributed by atoms with E-state index in [2.05, 4.69) is 4.98 Å². The standard InChI is InChI=1S/C25H22N2O4S/c1-3-17-8-5-7-11-22(17)27(16(2)28)25-26-19(15-32-25)14-31-24(30)21-13-12-18-9-4-6-10-20(18)23(21)29/h4-13,15,29H,3,14H2,1-2H3. The van der Waals surface area contributed by atoms with Crippen LogP contribution < -0.4 is 4.90 Å². The number of carbonyl (C=O) groups excluding carboxylic acids is 2. The maximum atomic E-state index is 12.6. The first-order chi connectivity index (χ1) is 15.5. The van der Waals surface area contributed by atoms with E-state index in [1.165, 1.54) is 18.3 Å². The second-order valence-electron chi connectivity index (χ2n) is 7.22. The number of hydrogen-bond donors (Lipinski definition) is 1. The third kappa shape index (κ3) is 4.20. The van der Waals surface area contributed by atoms with Crippen LogP contribution in [0.15, 0.2) is 66.0 Å². The van der Waals surface area contributed by atoms with Crippen LogP contribution in [0.1, 0.15) is 35.5 Å². The number of ether oxygens (including phenoxy) is 1. The minimum Gasteiger partial charge on any atom is -0.506 e. The van der Waals surface area contributed by atoms with Crippen LogP contribution in [0.25, 0.3) is 10.8 Å². The Bertz CT molecular complexity index is 1300. The van der Waals surface area contributed by atoms with Gasteiger partial charge in [-0.25, -0.2) is 9.78 Å². The molecule has 1 heterocycles. The first-order valence-corrected chi connectivity index (χ1v) is 11.1. The molecule has 4 aromatic rings. The summed E-state index contributed by atoms with van der Waals surface area (Å²) in [5.74, 6) is -0.890. The molecule has 1 N–H and O–H groups in total. The highest BCUT2D eigenvalue weighted by molar-refractivity contribution is 7.14. The van der Waals surface area contributed by atoms with Gasteiger partial charge in [-0.2, -0.15) is 0 Å². The summed E-state index contributed by atoms with van der Waals surface area (Å²) in [5.41, 5.74) is 2.46. The fourth-order valence-corrected chi connectivity index (χ4v) is 4.40. The van der Waals surface area contributed by atoms with Crippen molar-refractivity contribution in [3.8, 4) is 5.75 Å². The Kier molecular flexibility index (Phi) is 6.18.